The van der Waals surface area contributed by atoms with Crippen molar-refractivity contribution in [2.45, 2.75) is 25.8 Å². The van der Waals surface area contributed by atoms with Gasteiger partial charge in [0.2, 0.25) is 0 Å². The minimum Gasteiger partial charge on any atom is -0.396 e. The van der Waals surface area contributed by atoms with Gasteiger partial charge in [0.1, 0.15) is 0 Å². The van der Waals surface area contributed by atoms with Crippen molar-refractivity contribution in [2.24, 2.45) is 10.4 Å². The second-order valence-electron chi connectivity index (χ2n) is 7.41. The summed E-state index contributed by atoms with van der Waals surface area (Å²) in [7, 11) is 0. The second kappa shape index (κ2) is 12.5. The van der Waals surface area contributed by atoms with Crippen LogP contribution in [0.25, 0.3) is 0 Å². The van der Waals surface area contributed by atoms with Crippen LogP contribution in [-0.4, -0.2) is 60.3 Å². The van der Waals surface area contributed by atoms with Gasteiger partial charge in [0, 0.05) is 49.1 Å². The number of benzene rings is 1. The highest BCUT2D eigenvalue weighted by Crippen LogP contribution is 2.32. The fourth-order valence-corrected chi connectivity index (χ4v) is 3.71. The standard InChI is InChI=1S/C21H30ClN5O2.HI/c1-2-23-20(25-15-21(8-12-28)9-13-29-16-21)24-14-19(27-11-3-10-26-27)17-4-6-18(22)7-5-17;/h3-7,10-11,19,28H,2,8-9,12-16H2,1H3,(H2,23,24,25);1H. The van der Waals surface area contributed by atoms with Crippen molar-refractivity contribution in [2.75, 3.05) is 39.5 Å². The lowest BCUT2D eigenvalue weighted by atomic mass is 9.84. The lowest BCUT2D eigenvalue weighted by molar-refractivity contribution is 0.131. The largest absolute Gasteiger partial charge is 0.396 e. The summed E-state index contributed by atoms with van der Waals surface area (Å²) in [5.74, 6) is 0.753. The van der Waals surface area contributed by atoms with E-state index in [1.165, 1.54) is 0 Å². The smallest absolute Gasteiger partial charge is 0.191 e. The van der Waals surface area contributed by atoms with E-state index in [1.807, 2.05) is 48.1 Å². The maximum Gasteiger partial charge on any atom is 0.191 e. The molecule has 1 fully saturated rings. The lowest BCUT2D eigenvalue weighted by Gasteiger charge is -2.25. The highest BCUT2D eigenvalue weighted by molar-refractivity contribution is 14.0. The Morgan fingerprint density at radius 3 is 2.77 bits per heavy atom. The fourth-order valence-electron chi connectivity index (χ4n) is 3.58. The van der Waals surface area contributed by atoms with Crippen LogP contribution in [0.15, 0.2) is 47.7 Å². The van der Waals surface area contributed by atoms with Gasteiger partial charge in [-0.1, -0.05) is 23.7 Å². The Hall–Kier alpha value is -1.36. The molecule has 2 aromatic rings. The van der Waals surface area contributed by atoms with Crippen LogP contribution in [0.4, 0.5) is 0 Å². The number of halogens is 2. The van der Waals surface area contributed by atoms with Crippen molar-refractivity contribution >= 4 is 41.5 Å². The summed E-state index contributed by atoms with van der Waals surface area (Å²) < 4.78 is 7.50. The van der Waals surface area contributed by atoms with Gasteiger partial charge in [-0.05, 0) is 43.5 Å². The van der Waals surface area contributed by atoms with Crippen LogP contribution >= 0.6 is 35.6 Å². The molecule has 3 rings (SSSR count). The third kappa shape index (κ3) is 6.83. The van der Waals surface area contributed by atoms with Crippen LogP contribution in [0.5, 0.6) is 0 Å². The summed E-state index contributed by atoms with van der Waals surface area (Å²) >= 11 is 6.06. The number of ether oxygens (including phenoxy) is 1. The Bertz CT molecular complexity index is 764. The molecule has 1 aromatic heterocycles. The lowest BCUT2D eigenvalue weighted by Crippen LogP contribution is -2.41. The second-order valence-corrected chi connectivity index (χ2v) is 7.84. The van der Waals surface area contributed by atoms with E-state index in [-0.39, 0.29) is 42.0 Å². The number of nitrogens with zero attached hydrogens (tertiary/aromatic N) is 3. The van der Waals surface area contributed by atoms with Crippen LogP contribution in [-0.2, 0) is 4.74 Å². The number of aliphatic hydroxyl groups excluding tert-OH is 1. The van der Waals surface area contributed by atoms with Gasteiger partial charge in [0.15, 0.2) is 5.96 Å². The number of aromatic nitrogens is 2. The monoisotopic (exact) mass is 547 g/mol. The first-order chi connectivity index (χ1) is 14.2. The van der Waals surface area contributed by atoms with E-state index in [9.17, 15) is 5.11 Å². The Kier molecular flexibility index (Phi) is 10.4. The molecule has 1 saturated heterocycles. The topological polar surface area (TPSA) is 83.7 Å². The Labute approximate surface area is 200 Å². The van der Waals surface area contributed by atoms with Crippen LogP contribution < -0.4 is 10.6 Å². The van der Waals surface area contributed by atoms with E-state index in [0.29, 0.717) is 31.1 Å². The van der Waals surface area contributed by atoms with Crippen molar-refractivity contribution in [3.05, 3.63) is 53.3 Å². The predicted octanol–water partition coefficient (Wildman–Crippen LogP) is 3.09. The van der Waals surface area contributed by atoms with E-state index in [0.717, 1.165) is 31.1 Å². The number of guanidine groups is 1. The maximum absolute atomic E-state index is 9.43. The molecule has 0 amide bonds. The molecule has 3 N–H and O–H groups in total. The van der Waals surface area contributed by atoms with E-state index in [1.54, 1.807) is 6.20 Å². The molecule has 0 saturated carbocycles. The van der Waals surface area contributed by atoms with E-state index >= 15 is 0 Å². The van der Waals surface area contributed by atoms with Crippen molar-refractivity contribution in [1.29, 1.82) is 0 Å². The Morgan fingerprint density at radius 1 is 1.37 bits per heavy atom. The summed E-state index contributed by atoms with van der Waals surface area (Å²) in [6.45, 7) is 5.59. The van der Waals surface area contributed by atoms with Gasteiger partial charge in [0.25, 0.3) is 0 Å². The molecule has 7 nitrogen and oxygen atoms in total. The molecule has 2 heterocycles. The Morgan fingerprint density at radius 2 is 2.17 bits per heavy atom. The molecule has 0 radical (unpaired) electrons. The molecule has 2 atom stereocenters. The van der Waals surface area contributed by atoms with Gasteiger partial charge in [0.05, 0.1) is 19.2 Å². The number of hydrogen-bond acceptors (Lipinski definition) is 4. The number of aliphatic imine (C=N–C) groups is 1. The number of hydrogen-bond donors (Lipinski definition) is 3. The molecule has 0 aliphatic carbocycles. The average molecular weight is 548 g/mol. The first-order valence-corrected chi connectivity index (χ1v) is 10.5. The fraction of sp³-hybridized carbons (Fsp3) is 0.524. The molecule has 1 aliphatic rings. The number of aliphatic hydroxyl groups is 1. The zero-order valence-corrected chi connectivity index (χ0v) is 20.3. The van der Waals surface area contributed by atoms with Crippen LogP contribution in [0, 0.1) is 5.41 Å². The van der Waals surface area contributed by atoms with Crippen LogP contribution in [0.3, 0.4) is 0 Å². The molecule has 0 spiro atoms. The quantitative estimate of drug-likeness (QED) is 0.255. The van der Waals surface area contributed by atoms with Crippen molar-refractivity contribution in [3.63, 3.8) is 0 Å². The summed E-state index contributed by atoms with van der Waals surface area (Å²) in [6, 6.07) is 9.75. The minimum atomic E-state index is -0.0747. The van der Waals surface area contributed by atoms with E-state index < -0.39 is 0 Å². The molecule has 1 aromatic carbocycles. The highest BCUT2D eigenvalue weighted by Gasteiger charge is 2.34. The number of nitrogens with one attached hydrogen (secondary N) is 2. The molecular weight excluding hydrogens is 517 g/mol. The molecule has 166 valence electrons. The number of rotatable bonds is 9. The van der Waals surface area contributed by atoms with Gasteiger partial charge in [-0.2, -0.15) is 5.10 Å². The highest BCUT2D eigenvalue weighted by atomic mass is 127. The SMILES string of the molecule is CCNC(=NCC1(CCO)CCOC1)NCC(c1ccc(Cl)cc1)n1cccn1.I. The summed E-state index contributed by atoms with van der Waals surface area (Å²) in [5.41, 5.74) is 1.04. The van der Waals surface area contributed by atoms with Gasteiger partial charge in [-0.25, -0.2) is 0 Å². The van der Waals surface area contributed by atoms with Gasteiger partial charge in [-0.15, -0.1) is 24.0 Å². The van der Waals surface area contributed by atoms with Gasteiger partial charge in [-0.3, -0.25) is 9.67 Å². The molecule has 30 heavy (non-hydrogen) atoms. The molecule has 2 unspecified atom stereocenters. The Balaban J connectivity index is 0.00000320. The van der Waals surface area contributed by atoms with Crippen molar-refractivity contribution in [1.82, 2.24) is 20.4 Å². The first kappa shape index (κ1) is 24.9. The van der Waals surface area contributed by atoms with Crippen molar-refractivity contribution in [3.8, 4) is 0 Å². The maximum atomic E-state index is 9.43. The average Bonchev–Trinajstić information content (AvgIpc) is 3.41. The van der Waals surface area contributed by atoms with E-state index in [2.05, 4.69) is 15.7 Å². The van der Waals surface area contributed by atoms with Crippen molar-refractivity contribution < 1.29 is 9.84 Å². The van der Waals surface area contributed by atoms with Crippen LogP contribution in [0.1, 0.15) is 31.4 Å². The molecule has 0 bridgehead atoms. The minimum absolute atomic E-state index is 0. The zero-order valence-electron chi connectivity index (χ0n) is 17.3. The molecule has 9 heteroatoms. The van der Waals surface area contributed by atoms with Crippen LogP contribution in [0.2, 0.25) is 5.02 Å². The molecular formula is C21H31ClIN5O2. The first-order valence-electron chi connectivity index (χ1n) is 10.1. The summed E-state index contributed by atoms with van der Waals surface area (Å²) in [6.07, 6.45) is 5.37. The summed E-state index contributed by atoms with van der Waals surface area (Å²) in [4.78, 5) is 4.80. The van der Waals surface area contributed by atoms with Gasteiger partial charge < -0.3 is 20.5 Å². The normalized spacial score (nSPS) is 19.9. The third-order valence-corrected chi connectivity index (χ3v) is 5.56. The third-order valence-electron chi connectivity index (χ3n) is 5.31. The van der Waals surface area contributed by atoms with Gasteiger partial charge >= 0.3 is 0 Å². The molecule has 1 aliphatic heterocycles. The summed E-state index contributed by atoms with van der Waals surface area (Å²) in [5, 5.41) is 21.3. The van der Waals surface area contributed by atoms with E-state index in [4.69, 9.17) is 21.3 Å². The zero-order chi connectivity index (χ0) is 20.5. The predicted molar refractivity (Wildman–Crippen MR) is 131 cm³/mol.